The molecule has 1 aliphatic heterocycles. The number of benzene rings is 2. The van der Waals surface area contributed by atoms with Gasteiger partial charge in [0.2, 0.25) is 5.91 Å². The molecule has 1 fully saturated rings. The normalized spacial score (nSPS) is 13.9. The second kappa shape index (κ2) is 9.21. The van der Waals surface area contributed by atoms with Crippen molar-refractivity contribution in [2.75, 3.05) is 49.5 Å². The first-order chi connectivity index (χ1) is 13.6. The van der Waals surface area contributed by atoms with Crippen LogP contribution >= 0.6 is 0 Å². The highest BCUT2D eigenvalue weighted by molar-refractivity contribution is 5.96. The number of esters is 1. The van der Waals surface area contributed by atoms with E-state index in [4.69, 9.17) is 4.74 Å². The maximum Gasteiger partial charge on any atom is 0.340 e. The van der Waals surface area contributed by atoms with Crippen molar-refractivity contribution >= 4 is 23.3 Å². The van der Waals surface area contributed by atoms with E-state index in [0.29, 0.717) is 44.0 Å². The van der Waals surface area contributed by atoms with Gasteiger partial charge in [0, 0.05) is 37.6 Å². The lowest BCUT2D eigenvalue weighted by Crippen LogP contribution is -2.50. The predicted molar refractivity (Wildman–Crippen MR) is 106 cm³/mol. The molecule has 28 heavy (non-hydrogen) atoms. The molecule has 0 spiro atoms. The lowest BCUT2D eigenvalue weighted by molar-refractivity contribution is -0.129. The van der Waals surface area contributed by atoms with Crippen molar-refractivity contribution in [1.29, 1.82) is 0 Å². The van der Waals surface area contributed by atoms with Crippen LogP contribution in [0.5, 0.6) is 0 Å². The van der Waals surface area contributed by atoms with Gasteiger partial charge in [0.05, 0.1) is 18.7 Å². The van der Waals surface area contributed by atoms with Gasteiger partial charge in [-0.2, -0.15) is 0 Å². The highest BCUT2D eigenvalue weighted by Crippen LogP contribution is 2.18. The monoisotopic (exact) mass is 385 g/mol. The third kappa shape index (κ3) is 4.79. The number of amides is 1. The molecule has 0 unspecified atom stereocenters. The molecule has 0 bridgehead atoms. The zero-order valence-electron chi connectivity index (χ0n) is 15.9. The van der Waals surface area contributed by atoms with Gasteiger partial charge < -0.3 is 19.9 Å². The molecule has 6 nitrogen and oxygen atoms in total. The van der Waals surface area contributed by atoms with Crippen molar-refractivity contribution in [3.63, 3.8) is 0 Å². The molecule has 2 aromatic rings. The van der Waals surface area contributed by atoms with Gasteiger partial charge in [-0.05, 0) is 43.3 Å². The Labute approximate surface area is 163 Å². The highest BCUT2D eigenvalue weighted by atomic mass is 19.1. The Morgan fingerprint density at radius 2 is 1.71 bits per heavy atom. The largest absolute Gasteiger partial charge is 0.462 e. The third-order valence-electron chi connectivity index (χ3n) is 4.68. The molecule has 0 radical (unpaired) electrons. The number of para-hydroxylation sites is 1. The van der Waals surface area contributed by atoms with Gasteiger partial charge in [-0.3, -0.25) is 4.79 Å². The van der Waals surface area contributed by atoms with Crippen LogP contribution in [0.4, 0.5) is 15.8 Å². The van der Waals surface area contributed by atoms with E-state index >= 15 is 0 Å². The fourth-order valence-corrected chi connectivity index (χ4v) is 3.17. The molecule has 0 saturated carbocycles. The predicted octanol–water partition coefficient (Wildman–Crippen LogP) is 2.76. The van der Waals surface area contributed by atoms with E-state index in [1.165, 1.54) is 12.1 Å². The number of rotatable bonds is 6. The van der Waals surface area contributed by atoms with Gasteiger partial charge >= 0.3 is 5.97 Å². The summed E-state index contributed by atoms with van der Waals surface area (Å²) in [6.45, 7) is 4.73. The summed E-state index contributed by atoms with van der Waals surface area (Å²) in [5, 5.41) is 3.05. The first-order valence-electron chi connectivity index (χ1n) is 9.37. The van der Waals surface area contributed by atoms with Crippen molar-refractivity contribution in [2.24, 2.45) is 0 Å². The Morgan fingerprint density at radius 1 is 1.04 bits per heavy atom. The van der Waals surface area contributed by atoms with E-state index in [2.05, 4.69) is 10.2 Å². The first kappa shape index (κ1) is 19.7. The van der Waals surface area contributed by atoms with Crippen LogP contribution in [0.2, 0.25) is 0 Å². The van der Waals surface area contributed by atoms with Crippen molar-refractivity contribution < 1.29 is 18.7 Å². The second-order valence-electron chi connectivity index (χ2n) is 6.46. The fourth-order valence-electron chi connectivity index (χ4n) is 3.17. The van der Waals surface area contributed by atoms with Crippen molar-refractivity contribution in [3.8, 4) is 0 Å². The molecule has 1 N–H and O–H groups in total. The Bertz CT molecular complexity index is 818. The molecule has 148 valence electrons. The quantitative estimate of drug-likeness (QED) is 0.775. The van der Waals surface area contributed by atoms with Crippen LogP contribution in [-0.2, 0) is 9.53 Å². The smallest absolute Gasteiger partial charge is 0.340 e. The lowest BCUT2D eigenvalue weighted by Gasteiger charge is -2.36. The number of hydrogen-bond acceptors (Lipinski definition) is 5. The average Bonchev–Trinajstić information content (AvgIpc) is 2.73. The number of carbonyl (C=O) groups excluding carboxylic acids is 2. The van der Waals surface area contributed by atoms with Crippen LogP contribution in [0, 0.1) is 5.82 Å². The lowest BCUT2D eigenvalue weighted by atomic mass is 10.2. The topological polar surface area (TPSA) is 61.9 Å². The van der Waals surface area contributed by atoms with E-state index in [0.717, 1.165) is 5.69 Å². The van der Waals surface area contributed by atoms with Crippen molar-refractivity contribution in [3.05, 3.63) is 59.9 Å². The zero-order valence-corrected chi connectivity index (χ0v) is 15.9. The molecular formula is C21H24FN3O3. The number of carbonyl (C=O) groups is 2. The highest BCUT2D eigenvalue weighted by Gasteiger charge is 2.21. The van der Waals surface area contributed by atoms with E-state index in [1.54, 1.807) is 48.2 Å². The van der Waals surface area contributed by atoms with E-state index in [1.807, 2.05) is 0 Å². The number of anilines is 2. The molecule has 0 aromatic heterocycles. The number of nitrogens with zero attached hydrogens (tertiary/aromatic N) is 2. The average molecular weight is 385 g/mol. The molecule has 1 saturated heterocycles. The van der Waals surface area contributed by atoms with Gasteiger partial charge in [0.25, 0.3) is 0 Å². The number of hydrogen-bond donors (Lipinski definition) is 1. The van der Waals surface area contributed by atoms with Crippen molar-refractivity contribution in [2.45, 2.75) is 6.92 Å². The molecule has 0 aliphatic carbocycles. The van der Waals surface area contributed by atoms with Crippen LogP contribution in [0.3, 0.4) is 0 Å². The number of ether oxygens (including phenoxy) is 1. The summed E-state index contributed by atoms with van der Waals surface area (Å²) in [5.41, 5.74) is 1.95. The van der Waals surface area contributed by atoms with E-state index in [9.17, 15) is 14.0 Å². The van der Waals surface area contributed by atoms with Gasteiger partial charge in [-0.25, -0.2) is 9.18 Å². The summed E-state index contributed by atoms with van der Waals surface area (Å²) in [6.07, 6.45) is 0. The molecule has 0 atom stereocenters. The van der Waals surface area contributed by atoms with Gasteiger partial charge in [-0.15, -0.1) is 0 Å². The molecule has 7 heteroatoms. The Morgan fingerprint density at radius 3 is 2.39 bits per heavy atom. The zero-order chi connectivity index (χ0) is 19.9. The summed E-state index contributed by atoms with van der Waals surface area (Å²) in [4.78, 5) is 28.5. The maximum atomic E-state index is 13.1. The van der Waals surface area contributed by atoms with E-state index in [-0.39, 0.29) is 18.3 Å². The van der Waals surface area contributed by atoms with Gasteiger partial charge in [-0.1, -0.05) is 12.1 Å². The fraction of sp³-hybridized carbons (Fsp3) is 0.333. The molecule has 1 aliphatic rings. The molecule has 3 rings (SSSR count). The van der Waals surface area contributed by atoms with Crippen molar-refractivity contribution in [1.82, 2.24) is 4.90 Å². The van der Waals surface area contributed by atoms with Crippen LogP contribution < -0.4 is 10.2 Å². The van der Waals surface area contributed by atoms with E-state index < -0.39 is 5.97 Å². The number of nitrogens with one attached hydrogen (secondary N) is 1. The minimum absolute atomic E-state index is 0.0302. The first-order valence-corrected chi connectivity index (χ1v) is 9.37. The standard InChI is InChI=1S/C21H24FN3O3/c1-2-28-21(27)18-5-3-4-6-19(18)23-15-20(26)25-13-11-24(12-14-25)17-9-7-16(22)8-10-17/h3-10,23H,2,11-15H2,1H3. The SMILES string of the molecule is CCOC(=O)c1ccccc1NCC(=O)N1CCN(c2ccc(F)cc2)CC1. The van der Waals surface area contributed by atoms with Gasteiger partial charge in [0.1, 0.15) is 5.82 Å². The molecule has 1 amide bonds. The Hall–Kier alpha value is -3.09. The maximum absolute atomic E-state index is 13.1. The summed E-state index contributed by atoms with van der Waals surface area (Å²) in [7, 11) is 0. The Balaban J connectivity index is 1.53. The third-order valence-corrected chi connectivity index (χ3v) is 4.68. The molecule has 2 aromatic carbocycles. The van der Waals surface area contributed by atoms with Crippen LogP contribution in [-0.4, -0.2) is 56.1 Å². The number of piperazine rings is 1. The van der Waals surface area contributed by atoms with Crippen LogP contribution in [0.1, 0.15) is 17.3 Å². The summed E-state index contributed by atoms with van der Waals surface area (Å²) < 4.78 is 18.1. The van der Waals surface area contributed by atoms with Crippen LogP contribution in [0.25, 0.3) is 0 Å². The summed E-state index contributed by atoms with van der Waals surface area (Å²) >= 11 is 0. The Kier molecular flexibility index (Phi) is 6.47. The summed E-state index contributed by atoms with van der Waals surface area (Å²) in [6, 6.07) is 13.4. The van der Waals surface area contributed by atoms with Gasteiger partial charge in [0.15, 0.2) is 0 Å². The summed E-state index contributed by atoms with van der Waals surface area (Å²) in [5.74, 6) is -0.699. The minimum Gasteiger partial charge on any atom is -0.462 e. The number of halogens is 1. The minimum atomic E-state index is -0.411. The van der Waals surface area contributed by atoms with Crippen LogP contribution in [0.15, 0.2) is 48.5 Å². The second-order valence-corrected chi connectivity index (χ2v) is 6.46. The molecule has 1 heterocycles. The molecular weight excluding hydrogens is 361 g/mol.